The standard InChI is InChI=1S/C21H34ClN11O/c22-17-19(24)30-18(23)16(29-17)20(34)31-21(25)28-6-2-4-10-33-13-11-32(12-14-33)9-3-1-5-15-26-7-8-27-15/h7-8H,1-6,9-14H2,(H,26,27)(H4,23,24,30)(H3,25,28,31,34). The van der Waals surface area contributed by atoms with E-state index in [1.165, 1.54) is 6.42 Å². The first-order valence-electron chi connectivity index (χ1n) is 11.6. The lowest BCUT2D eigenvalue weighted by molar-refractivity contribution is 0.0998. The first-order valence-corrected chi connectivity index (χ1v) is 11.9. The highest BCUT2D eigenvalue weighted by atomic mass is 35.5. The average Bonchev–Trinajstić information content (AvgIpc) is 3.33. The van der Waals surface area contributed by atoms with Gasteiger partial charge in [0.2, 0.25) is 0 Å². The number of carbonyl (C=O) groups excluding carboxylic acids is 1. The highest BCUT2D eigenvalue weighted by Gasteiger charge is 2.17. The Balaban J connectivity index is 1.25. The van der Waals surface area contributed by atoms with Gasteiger partial charge in [-0.15, -0.1) is 0 Å². The van der Waals surface area contributed by atoms with Gasteiger partial charge >= 0.3 is 5.91 Å². The van der Waals surface area contributed by atoms with E-state index in [1.807, 2.05) is 6.20 Å². The summed E-state index contributed by atoms with van der Waals surface area (Å²) in [6.07, 6.45) is 8.99. The van der Waals surface area contributed by atoms with Crippen LogP contribution in [-0.2, 0) is 6.42 Å². The molecule has 0 atom stereocenters. The number of anilines is 2. The Hall–Kier alpha value is -2.96. The molecule has 0 aromatic carbocycles. The number of nitrogen functional groups attached to an aromatic ring is 2. The van der Waals surface area contributed by atoms with E-state index >= 15 is 0 Å². The molecule has 2 aromatic rings. The molecule has 0 spiro atoms. The second-order valence-corrected chi connectivity index (χ2v) is 8.60. The first-order chi connectivity index (χ1) is 16.4. The average molecular weight is 492 g/mol. The third-order valence-corrected chi connectivity index (χ3v) is 5.97. The van der Waals surface area contributed by atoms with Crippen LogP contribution in [0.1, 0.15) is 42.0 Å². The fraction of sp³-hybridized carbons (Fsp3) is 0.571. The molecular weight excluding hydrogens is 458 g/mol. The quantitative estimate of drug-likeness (QED) is 0.168. The Kier molecular flexibility index (Phi) is 9.86. The van der Waals surface area contributed by atoms with Gasteiger partial charge in [0.15, 0.2) is 28.4 Å². The van der Waals surface area contributed by atoms with E-state index in [0.29, 0.717) is 6.54 Å². The lowest BCUT2D eigenvalue weighted by Gasteiger charge is -2.34. The van der Waals surface area contributed by atoms with Gasteiger partial charge in [0, 0.05) is 51.5 Å². The van der Waals surface area contributed by atoms with Crippen molar-refractivity contribution in [3.8, 4) is 0 Å². The monoisotopic (exact) mass is 491 g/mol. The van der Waals surface area contributed by atoms with Crippen LogP contribution in [0.4, 0.5) is 11.6 Å². The predicted octanol–water partition coefficient (Wildman–Crippen LogP) is 0.483. The van der Waals surface area contributed by atoms with Crippen LogP contribution < -0.4 is 22.5 Å². The summed E-state index contributed by atoms with van der Waals surface area (Å²) in [4.78, 5) is 36.0. The second kappa shape index (κ2) is 13.1. The van der Waals surface area contributed by atoms with Crippen LogP contribution in [0, 0.1) is 0 Å². The molecule has 12 nitrogen and oxygen atoms in total. The third-order valence-electron chi connectivity index (χ3n) is 5.69. The van der Waals surface area contributed by atoms with E-state index in [1.54, 1.807) is 6.20 Å². The Bertz CT molecular complexity index is 942. The summed E-state index contributed by atoms with van der Waals surface area (Å²) >= 11 is 5.79. The topological polar surface area (TPSA) is 180 Å². The number of nitrogens with two attached hydrogens (primary N) is 3. The van der Waals surface area contributed by atoms with Crippen molar-refractivity contribution in [3.63, 3.8) is 0 Å². The van der Waals surface area contributed by atoms with Crippen LogP contribution >= 0.6 is 11.6 Å². The van der Waals surface area contributed by atoms with E-state index in [-0.39, 0.29) is 28.4 Å². The van der Waals surface area contributed by atoms with Gasteiger partial charge in [-0.05, 0) is 38.8 Å². The first kappa shape index (κ1) is 25.7. The van der Waals surface area contributed by atoms with Crippen molar-refractivity contribution in [2.24, 2.45) is 10.7 Å². The zero-order chi connectivity index (χ0) is 24.3. The van der Waals surface area contributed by atoms with Crippen LogP contribution in [0.5, 0.6) is 0 Å². The summed E-state index contributed by atoms with van der Waals surface area (Å²) < 4.78 is 0. The molecule has 2 aromatic heterocycles. The number of imidazole rings is 1. The Labute approximate surface area is 204 Å². The number of H-pyrrole nitrogens is 1. The molecule has 0 bridgehead atoms. The Morgan fingerprint density at radius 2 is 1.74 bits per heavy atom. The summed E-state index contributed by atoms with van der Waals surface area (Å²) in [5, 5.41) is 2.83. The molecule has 1 amide bonds. The van der Waals surface area contributed by atoms with Gasteiger partial charge < -0.3 is 37.3 Å². The molecule has 1 aliphatic rings. The molecule has 3 heterocycles. The zero-order valence-electron chi connectivity index (χ0n) is 19.3. The number of carbonyl (C=O) groups is 1. The number of hydrogen-bond acceptors (Lipinski definition) is 8. The van der Waals surface area contributed by atoms with Gasteiger partial charge in [-0.2, -0.15) is 4.99 Å². The maximum atomic E-state index is 12.2. The molecule has 1 fully saturated rings. The van der Waals surface area contributed by atoms with E-state index in [4.69, 9.17) is 28.8 Å². The Morgan fingerprint density at radius 1 is 1.06 bits per heavy atom. The molecule has 0 aliphatic carbocycles. The smallest absolute Gasteiger partial charge is 0.302 e. The van der Waals surface area contributed by atoms with Crippen LogP contribution in [0.15, 0.2) is 17.4 Å². The van der Waals surface area contributed by atoms with E-state index in [9.17, 15) is 4.79 Å². The largest absolute Gasteiger partial charge is 0.382 e. The highest BCUT2D eigenvalue weighted by Crippen LogP contribution is 2.17. The number of piperazine rings is 1. The van der Waals surface area contributed by atoms with E-state index < -0.39 is 5.91 Å². The summed E-state index contributed by atoms with van der Waals surface area (Å²) in [5.41, 5.74) is 16.8. The highest BCUT2D eigenvalue weighted by molar-refractivity contribution is 6.31. The number of unbranched alkanes of at least 4 members (excludes halogenated alkanes) is 2. The number of guanidine groups is 1. The molecule has 0 radical (unpaired) electrons. The number of amides is 1. The van der Waals surface area contributed by atoms with Crippen LogP contribution in [0.2, 0.25) is 5.15 Å². The van der Waals surface area contributed by atoms with Crippen LogP contribution in [0.3, 0.4) is 0 Å². The zero-order valence-corrected chi connectivity index (χ0v) is 20.1. The minimum Gasteiger partial charge on any atom is -0.382 e. The molecule has 186 valence electrons. The van der Waals surface area contributed by atoms with E-state index in [0.717, 1.165) is 70.8 Å². The number of aromatic nitrogens is 4. The fourth-order valence-electron chi connectivity index (χ4n) is 3.78. The number of nitrogens with one attached hydrogen (secondary N) is 2. The van der Waals surface area contributed by atoms with Gasteiger partial charge in [0.1, 0.15) is 5.82 Å². The summed E-state index contributed by atoms with van der Waals surface area (Å²) in [6.45, 7) is 7.22. The van der Waals surface area contributed by atoms with Crippen molar-refractivity contribution in [2.75, 3.05) is 57.3 Å². The summed E-state index contributed by atoms with van der Waals surface area (Å²) in [6, 6.07) is 0. The van der Waals surface area contributed by atoms with Gasteiger partial charge in [0.05, 0.1) is 0 Å². The maximum absolute atomic E-state index is 12.2. The van der Waals surface area contributed by atoms with Crippen LogP contribution in [-0.4, -0.2) is 87.4 Å². The molecule has 1 saturated heterocycles. The number of nitrogens with zero attached hydrogens (tertiary/aromatic N) is 6. The summed E-state index contributed by atoms with van der Waals surface area (Å²) in [7, 11) is 0. The Morgan fingerprint density at radius 3 is 2.38 bits per heavy atom. The van der Waals surface area contributed by atoms with Crippen LogP contribution in [0.25, 0.3) is 0 Å². The van der Waals surface area contributed by atoms with Crippen molar-refractivity contribution in [1.29, 1.82) is 0 Å². The number of aliphatic imine (C=N–C) groups is 1. The van der Waals surface area contributed by atoms with Crippen molar-refractivity contribution in [2.45, 2.75) is 32.1 Å². The van der Waals surface area contributed by atoms with E-state index in [2.05, 4.69) is 40.0 Å². The number of rotatable bonds is 11. The molecule has 8 N–H and O–H groups in total. The lowest BCUT2D eigenvalue weighted by atomic mass is 10.2. The molecule has 0 unspecified atom stereocenters. The normalized spacial score (nSPS) is 15.5. The van der Waals surface area contributed by atoms with Crippen molar-refractivity contribution in [1.82, 2.24) is 35.1 Å². The van der Waals surface area contributed by atoms with Gasteiger partial charge in [-0.25, -0.2) is 15.0 Å². The molecule has 0 saturated carbocycles. The SMILES string of the molecule is N/C(=N\C(=O)c1nc(Cl)c(N)nc1N)NCCCCN1CCN(CCCCc2ncc[nH]2)CC1. The number of hydrogen-bond donors (Lipinski definition) is 5. The second-order valence-electron chi connectivity index (χ2n) is 8.25. The van der Waals surface area contributed by atoms with Crippen molar-refractivity contribution in [3.05, 3.63) is 29.1 Å². The van der Waals surface area contributed by atoms with Crippen molar-refractivity contribution < 1.29 is 4.79 Å². The van der Waals surface area contributed by atoms with Gasteiger partial charge in [-0.1, -0.05) is 11.6 Å². The van der Waals surface area contributed by atoms with Gasteiger partial charge in [-0.3, -0.25) is 4.79 Å². The minimum absolute atomic E-state index is 0.000177. The molecule has 13 heteroatoms. The number of aryl methyl sites for hydroxylation is 1. The summed E-state index contributed by atoms with van der Waals surface area (Å²) in [5.74, 6) is 0.158. The third kappa shape index (κ3) is 8.12. The molecule has 1 aliphatic heterocycles. The number of halogens is 1. The fourth-order valence-corrected chi connectivity index (χ4v) is 3.90. The lowest BCUT2D eigenvalue weighted by Crippen LogP contribution is -2.46. The van der Waals surface area contributed by atoms with Gasteiger partial charge in [0.25, 0.3) is 0 Å². The maximum Gasteiger partial charge on any atom is 0.302 e. The molecule has 3 rings (SSSR count). The minimum atomic E-state index is -0.726. The number of aromatic amines is 1. The van der Waals surface area contributed by atoms with Crippen molar-refractivity contribution >= 4 is 35.1 Å². The molecular formula is C21H34ClN11O. The molecule has 34 heavy (non-hydrogen) atoms. The predicted molar refractivity (Wildman–Crippen MR) is 133 cm³/mol.